The first-order valence-corrected chi connectivity index (χ1v) is 4.50. The number of rotatable bonds is 3. The maximum atomic E-state index is 10.7. The average Bonchev–Trinajstić information content (AvgIpc) is 2.47. The number of carboxylic acids is 1. The van der Waals surface area contributed by atoms with Gasteiger partial charge in [0.1, 0.15) is 0 Å². The molecule has 1 saturated heterocycles. The van der Waals surface area contributed by atoms with Crippen LogP contribution in [0.4, 0.5) is 0 Å². The molecule has 1 amide bonds. The van der Waals surface area contributed by atoms with Crippen molar-refractivity contribution in [3.05, 3.63) is 12.3 Å². The molecule has 78 valence electrons. The maximum Gasteiger partial charge on any atom is 0.329 e. The summed E-state index contributed by atoms with van der Waals surface area (Å²) in [5.74, 6) is -0.993. The highest BCUT2D eigenvalue weighted by Gasteiger charge is 2.20. The molecule has 0 aromatic carbocycles. The summed E-state index contributed by atoms with van der Waals surface area (Å²) in [7, 11) is 0. The lowest BCUT2D eigenvalue weighted by atomic mass is 10.3. The van der Waals surface area contributed by atoms with Gasteiger partial charge in [0.2, 0.25) is 5.91 Å². The number of amides is 1. The van der Waals surface area contributed by atoms with E-state index in [0.29, 0.717) is 6.54 Å². The molecule has 0 saturated carbocycles. The lowest BCUT2D eigenvalue weighted by molar-refractivity contribution is -0.131. The van der Waals surface area contributed by atoms with Crippen molar-refractivity contribution >= 4 is 11.9 Å². The molecule has 5 nitrogen and oxygen atoms in total. The van der Waals surface area contributed by atoms with Gasteiger partial charge in [0, 0.05) is 38.3 Å². The number of likely N-dealkylation sites (tertiary alicyclic amines) is 1. The Kier molecular flexibility index (Phi) is 3.50. The van der Waals surface area contributed by atoms with E-state index in [9.17, 15) is 9.59 Å². The van der Waals surface area contributed by atoms with Crippen LogP contribution >= 0.6 is 0 Å². The zero-order chi connectivity index (χ0) is 10.6. The topological polar surface area (TPSA) is 69.6 Å². The van der Waals surface area contributed by atoms with E-state index >= 15 is 0 Å². The second kappa shape index (κ2) is 4.64. The number of carbonyl (C=O) groups excluding carboxylic acids is 1. The predicted molar refractivity (Wildman–Crippen MR) is 50.6 cm³/mol. The highest BCUT2D eigenvalue weighted by molar-refractivity contribution is 5.79. The second-order valence-corrected chi connectivity index (χ2v) is 3.34. The van der Waals surface area contributed by atoms with Crippen molar-refractivity contribution in [1.82, 2.24) is 10.2 Å². The molecule has 1 unspecified atom stereocenters. The van der Waals surface area contributed by atoms with Gasteiger partial charge in [-0.3, -0.25) is 4.79 Å². The van der Waals surface area contributed by atoms with Crippen LogP contribution in [0, 0.1) is 0 Å². The van der Waals surface area contributed by atoms with Crippen LogP contribution in [-0.4, -0.2) is 41.0 Å². The van der Waals surface area contributed by atoms with Gasteiger partial charge in [0.15, 0.2) is 0 Å². The van der Waals surface area contributed by atoms with Crippen LogP contribution < -0.4 is 5.32 Å². The molecule has 0 aromatic heterocycles. The predicted octanol–water partition coefficient (Wildman–Crippen LogP) is -0.205. The zero-order valence-corrected chi connectivity index (χ0v) is 8.06. The molecule has 5 heteroatoms. The molecule has 0 bridgehead atoms. The first-order valence-electron chi connectivity index (χ1n) is 4.50. The van der Waals surface area contributed by atoms with Gasteiger partial charge in [-0.1, -0.05) is 0 Å². The minimum absolute atomic E-state index is 0.0425. The van der Waals surface area contributed by atoms with Gasteiger partial charge in [-0.2, -0.15) is 0 Å². The SMILES string of the molecule is CC(=O)NC1CCN(/C=C/C(=O)O)C1. The van der Waals surface area contributed by atoms with Gasteiger partial charge < -0.3 is 15.3 Å². The average molecular weight is 198 g/mol. The van der Waals surface area contributed by atoms with Gasteiger partial charge in [-0.05, 0) is 6.42 Å². The molecule has 0 aliphatic carbocycles. The fraction of sp³-hybridized carbons (Fsp3) is 0.556. The molecule has 14 heavy (non-hydrogen) atoms. The molecule has 1 rings (SSSR count). The van der Waals surface area contributed by atoms with E-state index in [1.165, 1.54) is 6.92 Å². The van der Waals surface area contributed by atoms with Gasteiger partial charge in [-0.25, -0.2) is 4.79 Å². The van der Waals surface area contributed by atoms with E-state index in [4.69, 9.17) is 5.11 Å². The number of carbonyl (C=O) groups is 2. The zero-order valence-electron chi connectivity index (χ0n) is 8.06. The molecule has 0 radical (unpaired) electrons. The minimum atomic E-state index is -0.951. The Morgan fingerprint density at radius 1 is 1.57 bits per heavy atom. The van der Waals surface area contributed by atoms with Crippen LogP contribution in [0.1, 0.15) is 13.3 Å². The van der Waals surface area contributed by atoms with Crippen LogP contribution in [0.2, 0.25) is 0 Å². The standard InChI is InChI=1S/C9H14N2O3/c1-7(12)10-8-2-4-11(6-8)5-3-9(13)14/h3,5,8H,2,4,6H2,1H3,(H,10,12)(H,13,14)/b5-3+. The fourth-order valence-electron chi connectivity index (χ4n) is 1.50. The Labute approximate surface area is 82.4 Å². The van der Waals surface area contributed by atoms with E-state index in [2.05, 4.69) is 5.32 Å². The Morgan fingerprint density at radius 3 is 2.86 bits per heavy atom. The number of hydrogen-bond donors (Lipinski definition) is 2. The van der Waals surface area contributed by atoms with Crippen LogP contribution in [-0.2, 0) is 9.59 Å². The van der Waals surface area contributed by atoms with Crippen LogP contribution in [0.15, 0.2) is 12.3 Å². The monoisotopic (exact) mass is 198 g/mol. The number of nitrogens with one attached hydrogen (secondary N) is 1. The highest BCUT2D eigenvalue weighted by atomic mass is 16.4. The number of aliphatic carboxylic acids is 1. The number of hydrogen-bond acceptors (Lipinski definition) is 3. The lowest BCUT2D eigenvalue weighted by Crippen LogP contribution is -2.34. The van der Waals surface area contributed by atoms with Crippen molar-refractivity contribution in [3.63, 3.8) is 0 Å². The lowest BCUT2D eigenvalue weighted by Gasteiger charge is -2.12. The van der Waals surface area contributed by atoms with Gasteiger partial charge in [-0.15, -0.1) is 0 Å². The first kappa shape index (κ1) is 10.6. The second-order valence-electron chi connectivity index (χ2n) is 3.34. The summed E-state index contributed by atoms with van der Waals surface area (Å²) in [5.41, 5.74) is 0. The van der Waals surface area contributed by atoms with Crippen molar-refractivity contribution in [2.45, 2.75) is 19.4 Å². The van der Waals surface area contributed by atoms with E-state index < -0.39 is 5.97 Å². The van der Waals surface area contributed by atoms with E-state index in [1.54, 1.807) is 6.20 Å². The molecule has 0 spiro atoms. The van der Waals surface area contributed by atoms with Crippen molar-refractivity contribution in [1.29, 1.82) is 0 Å². The molecular weight excluding hydrogens is 184 g/mol. The van der Waals surface area contributed by atoms with Crippen LogP contribution in [0.25, 0.3) is 0 Å². The molecule has 1 heterocycles. The third-order valence-electron chi connectivity index (χ3n) is 2.05. The molecule has 1 fully saturated rings. The Bertz CT molecular complexity index is 263. The van der Waals surface area contributed by atoms with Crippen LogP contribution in [0.5, 0.6) is 0 Å². The van der Waals surface area contributed by atoms with Crippen molar-refractivity contribution in [2.24, 2.45) is 0 Å². The molecule has 2 N–H and O–H groups in total. The molecule has 1 atom stereocenters. The van der Waals surface area contributed by atoms with Crippen LogP contribution in [0.3, 0.4) is 0 Å². The van der Waals surface area contributed by atoms with Crippen molar-refractivity contribution in [2.75, 3.05) is 13.1 Å². The summed E-state index contributed by atoms with van der Waals surface area (Å²) in [4.78, 5) is 22.8. The summed E-state index contributed by atoms with van der Waals surface area (Å²) >= 11 is 0. The summed E-state index contributed by atoms with van der Waals surface area (Å²) in [6, 6.07) is 0.144. The quantitative estimate of drug-likeness (QED) is 0.616. The smallest absolute Gasteiger partial charge is 0.329 e. The van der Waals surface area contributed by atoms with Gasteiger partial charge >= 0.3 is 5.97 Å². The van der Waals surface area contributed by atoms with Crippen molar-refractivity contribution < 1.29 is 14.7 Å². The van der Waals surface area contributed by atoms with Gasteiger partial charge in [0.05, 0.1) is 0 Å². The molecule has 1 aliphatic heterocycles. The van der Waals surface area contributed by atoms with E-state index in [0.717, 1.165) is 19.0 Å². The summed E-state index contributed by atoms with van der Waals surface area (Å²) in [6.45, 7) is 2.95. The maximum absolute atomic E-state index is 10.7. The highest BCUT2D eigenvalue weighted by Crippen LogP contribution is 2.08. The fourth-order valence-corrected chi connectivity index (χ4v) is 1.50. The summed E-state index contributed by atoms with van der Waals surface area (Å²) < 4.78 is 0. The first-order chi connectivity index (χ1) is 6.58. The Hall–Kier alpha value is -1.52. The van der Waals surface area contributed by atoms with E-state index in [-0.39, 0.29) is 11.9 Å². The van der Waals surface area contributed by atoms with Crippen molar-refractivity contribution in [3.8, 4) is 0 Å². The Balaban J connectivity index is 2.34. The normalized spacial score (nSPS) is 21.5. The number of carboxylic acid groups (broad SMARTS) is 1. The van der Waals surface area contributed by atoms with Gasteiger partial charge in [0.25, 0.3) is 0 Å². The Morgan fingerprint density at radius 2 is 2.29 bits per heavy atom. The molecular formula is C9H14N2O3. The third-order valence-corrected chi connectivity index (χ3v) is 2.05. The summed E-state index contributed by atoms with van der Waals surface area (Å²) in [6.07, 6.45) is 3.52. The largest absolute Gasteiger partial charge is 0.478 e. The number of nitrogens with zero attached hydrogens (tertiary/aromatic N) is 1. The minimum Gasteiger partial charge on any atom is -0.478 e. The summed E-state index contributed by atoms with van der Waals surface area (Å²) in [5, 5.41) is 11.2. The third kappa shape index (κ3) is 3.47. The molecule has 1 aliphatic rings. The van der Waals surface area contributed by atoms with E-state index in [1.807, 2.05) is 4.90 Å². The molecule has 0 aromatic rings.